The molecule has 1 aliphatic heterocycles. The van der Waals surface area contributed by atoms with Gasteiger partial charge in [-0.1, -0.05) is 11.6 Å². The first kappa shape index (κ1) is 17.9. The molecule has 126 valence electrons. The van der Waals surface area contributed by atoms with E-state index >= 15 is 0 Å². The van der Waals surface area contributed by atoms with Crippen molar-refractivity contribution < 1.29 is 17.9 Å². The summed E-state index contributed by atoms with van der Waals surface area (Å²) < 4.78 is 44.2. The molecule has 1 aliphatic rings. The van der Waals surface area contributed by atoms with Crippen LogP contribution in [0, 0.1) is 11.3 Å². The normalized spacial score (nSPS) is 17.8. The molecule has 0 bridgehead atoms. The number of hydrogen-bond donors (Lipinski definition) is 0. The number of ether oxygens (including phenoxy) is 1. The van der Waals surface area contributed by atoms with Crippen molar-refractivity contribution in [3.63, 3.8) is 0 Å². The Hall–Kier alpha value is -2.48. The maximum atomic E-state index is 12.8. The number of nitriles is 1. The molecule has 24 heavy (non-hydrogen) atoms. The van der Waals surface area contributed by atoms with Gasteiger partial charge in [0.25, 0.3) is 0 Å². The molecule has 1 aromatic rings. The molecule has 1 unspecified atom stereocenters. The van der Waals surface area contributed by atoms with E-state index in [0.29, 0.717) is 23.3 Å². The van der Waals surface area contributed by atoms with Gasteiger partial charge in [0.15, 0.2) is 0 Å². The van der Waals surface area contributed by atoms with Gasteiger partial charge >= 0.3 is 6.18 Å². The van der Waals surface area contributed by atoms with E-state index in [1.54, 1.807) is 12.2 Å². The Balaban J connectivity index is 2.27. The third-order valence-corrected chi connectivity index (χ3v) is 3.66. The van der Waals surface area contributed by atoms with E-state index < -0.39 is 11.7 Å². The van der Waals surface area contributed by atoms with Crippen LogP contribution >= 0.6 is 0 Å². The lowest BCUT2D eigenvalue weighted by atomic mass is 9.99. The Morgan fingerprint density at radius 3 is 2.54 bits per heavy atom. The van der Waals surface area contributed by atoms with Crippen molar-refractivity contribution in [2.75, 3.05) is 0 Å². The van der Waals surface area contributed by atoms with Crippen molar-refractivity contribution in [1.82, 2.24) is 0 Å². The van der Waals surface area contributed by atoms with Gasteiger partial charge in [-0.25, -0.2) is 0 Å². The van der Waals surface area contributed by atoms with Crippen molar-refractivity contribution >= 4 is 0 Å². The number of nitrogens with zero attached hydrogens (tertiary/aromatic N) is 1. The van der Waals surface area contributed by atoms with Crippen molar-refractivity contribution in [1.29, 1.82) is 5.26 Å². The van der Waals surface area contributed by atoms with Crippen molar-refractivity contribution in [3.05, 3.63) is 64.3 Å². The van der Waals surface area contributed by atoms with Crippen LogP contribution in [-0.4, -0.2) is 6.10 Å². The Morgan fingerprint density at radius 2 is 2.00 bits per heavy atom. The van der Waals surface area contributed by atoms with Gasteiger partial charge in [-0.3, -0.25) is 0 Å². The number of allylic oxidation sites excluding steroid dienone is 4. The fourth-order valence-corrected chi connectivity index (χ4v) is 2.57. The summed E-state index contributed by atoms with van der Waals surface area (Å²) in [5.41, 5.74) is 2.10. The van der Waals surface area contributed by atoms with Crippen LogP contribution in [0.3, 0.4) is 0 Å². The van der Waals surface area contributed by atoms with E-state index in [4.69, 9.17) is 4.74 Å². The first-order valence-electron chi connectivity index (χ1n) is 7.54. The maximum Gasteiger partial charge on any atom is 0.416 e. The summed E-state index contributed by atoms with van der Waals surface area (Å²) in [6.45, 7) is 5.60. The Labute approximate surface area is 139 Å². The zero-order valence-corrected chi connectivity index (χ0v) is 13.7. The summed E-state index contributed by atoms with van der Waals surface area (Å²) in [4.78, 5) is 0. The molecule has 5 heteroatoms. The van der Waals surface area contributed by atoms with Gasteiger partial charge in [0.1, 0.15) is 11.9 Å². The highest BCUT2D eigenvalue weighted by Gasteiger charge is 2.33. The van der Waals surface area contributed by atoms with Crippen LogP contribution in [0.5, 0.6) is 5.75 Å². The number of hydrogen-bond acceptors (Lipinski definition) is 2. The van der Waals surface area contributed by atoms with E-state index in [0.717, 1.165) is 23.3 Å². The van der Waals surface area contributed by atoms with E-state index in [2.05, 4.69) is 6.07 Å². The minimum Gasteiger partial charge on any atom is -0.485 e. The second-order valence-corrected chi connectivity index (χ2v) is 5.85. The second kappa shape index (κ2) is 6.96. The Morgan fingerprint density at radius 1 is 1.29 bits per heavy atom. The first-order chi connectivity index (χ1) is 11.2. The van der Waals surface area contributed by atoms with Gasteiger partial charge in [0, 0.05) is 6.42 Å². The number of benzene rings is 1. The lowest BCUT2D eigenvalue weighted by Gasteiger charge is -2.12. The minimum absolute atomic E-state index is 0.350. The van der Waals surface area contributed by atoms with Crippen LogP contribution in [-0.2, 0) is 12.6 Å². The van der Waals surface area contributed by atoms with E-state index in [1.165, 1.54) is 6.07 Å². The third kappa shape index (κ3) is 4.08. The molecule has 0 amide bonds. The van der Waals surface area contributed by atoms with Crippen LogP contribution in [0.15, 0.2) is 53.1 Å². The molecule has 0 saturated heterocycles. The molecule has 0 N–H and O–H groups in total. The lowest BCUT2D eigenvalue weighted by Crippen LogP contribution is -2.15. The largest absolute Gasteiger partial charge is 0.485 e. The van der Waals surface area contributed by atoms with E-state index in [9.17, 15) is 18.4 Å². The Bertz CT molecular complexity index is 760. The predicted octanol–water partition coefficient (Wildman–Crippen LogP) is 5.37. The smallest absolute Gasteiger partial charge is 0.416 e. The molecule has 0 fully saturated rings. The molecule has 0 aliphatic carbocycles. The quantitative estimate of drug-likeness (QED) is 0.550. The standard InChI is InChI=1S/C19H18F3NO/c1-4-14(8-13(11-23)7-12(2)3)18-10-15-9-16(19(20,21)22)5-6-17(15)24-18/h4-9,18H,10H2,1-3H3/b13-8+,14-4+. The maximum absolute atomic E-state index is 12.8. The Kier molecular flexibility index (Phi) is 5.18. The highest BCUT2D eigenvalue weighted by molar-refractivity contribution is 5.47. The van der Waals surface area contributed by atoms with Crippen LogP contribution < -0.4 is 4.74 Å². The monoisotopic (exact) mass is 333 g/mol. The summed E-state index contributed by atoms with van der Waals surface area (Å²) in [7, 11) is 0. The van der Waals surface area contributed by atoms with Crippen LogP contribution in [0.25, 0.3) is 0 Å². The third-order valence-electron chi connectivity index (χ3n) is 3.66. The molecule has 1 aromatic carbocycles. The molecular formula is C19H18F3NO. The zero-order valence-electron chi connectivity index (χ0n) is 13.7. The van der Waals surface area contributed by atoms with Gasteiger partial charge < -0.3 is 4.74 Å². The molecule has 1 atom stereocenters. The van der Waals surface area contributed by atoms with Gasteiger partial charge in [-0.15, -0.1) is 0 Å². The fourth-order valence-electron chi connectivity index (χ4n) is 2.57. The van der Waals surface area contributed by atoms with Gasteiger partial charge in [0.2, 0.25) is 0 Å². The van der Waals surface area contributed by atoms with E-state index in [1.807, 2.05) is 26.8 Å². The van der Waals surface area contributed by atoms with Gasteiger partial charge in [-0.2, -0.15) is 18.4 Å². The van der Waals surface area contributed by atoms with Gasteiger partial charge in [0.05, 0.1) is 17.2 Å². The fraction of sp³-hybridized carbons (Fsp3) is 0.316. The number of fused-ring (bicyclic) bond motifs is 1. The first-order valence-corrected chi connectivity index (χ1v) is 7.54. The molecule has 2 rings (SSSR count). The molecule has 0 spiro atoms. The summed E-state index contributed by atoms with van der Waals surface area (Å²) in [6.07, 6.45) is 0.887. The number of rotatable bonds is 3. The molecule has 2 nitrogen and oxygen atoms in total. The van der Waals surface area contributed by atoms with Crippen LogP contribution in [0.2, 0.25) is 0 Å². The number of alkyl halides is 3. The van der Waals surface area contributed by atoms with Gasteiger partial charge in [-0.05, 0) is 62.3 Å². The summed E-state index contributed by atoms with van der Waals surface area (Å²) in [6, 6.07) is 5.63. The van der Waals surface area contributed by atoms with Crippen molar-refractivity contribution in [2.24, 2.45) is 0 Å². The highest BCUT2D eigenvalue weighted by atomic mass is 19.4. The van der Waals surface area contributed by atoms with Crippen LogP contribution in [0.4, 0.5) is 13.2 Å². The molecular weight excluding hydrogens is 315 g/mol. The topological polar surface area (TPSA) is 33.0 Å². The SMILES string of the molecule is C/C=C(\C=C(\C#N)C=C(C)C)C1Cc2cc(C(F)(F)F)ccc2O1. The van der Waals surface area contributed by atoms with Crippen molar-refractivity contribution in [3.8, 4) is 11.8 Å². The molecule has 1 heterocycles. The molecule has 0 aromatic heterocycles. The minimum atomic E-state index is -4.37. The average Bonchev–Trinajstić information content (AvgIpc) is 2.92. The molecule has 0 radical (unpaired) electrons. The zero-order chi connectivity index (χ0) is 17.9. The summed E-state index contributed by atoms with van der Waals surface area (Å²) in [5.74, 6) is 0.460. The summed E-state index contributed by atoms with van der Waals surface area (Å²) in [5, 5.41) is 9.21. The summed E-state index contributed by atoms with van der Waals surface area (Å²) >= 11 is 0. The highest BCUT2D eigenvalue weighted by Crippen LogP contribution is 2.37. The van der Waals surface area contributed by atoms with Crippen molar-refractivity contribution in [2.45, 2.75) is 39.5 Å². The average molecular weight is 333 g/mol. The van der Waals surface area contributed by atoms with E-state index in [-0.39, 0.29) is 6.10 Å². The number of halogens is 3. The molecule has 0 saturated carbocycles. The lowest BCUT2D eigenvalue weighted by molar-refractivity contribution is -0.137. The predicted molar refractivity (Wildman–Crippen MR) is 86.4 cm³/mol. The second-order valence-electron chi connectivity index (χ2n) is 5.85. The van der Waals surface area contributed by atoms with Crippen LogP contribution in [0.1, 0.15) is 31.9 Å².